The van der Waals surface area contributed by atoms with E-state index in [1.165, 1.54) is 6.42 Å². The molecule has 1 atom stereocenters. The molecule has 1 rings (SSSR count). The molecule has 5 nitrogen and oxygen atoms in total. The van der Waals surface area contributed by atoms with Crippen LogP contribution in [0.1, 0.15) is 13.3 Å². The Bertz CT molecular complexity index is 239. The van der Waals surface area contributed by atoms with Crippen molar-refractivity contribution >= 4 is 29.9 Å². The lowest BCUT2D eigenvalue weighted by atomic mass is 10.1. The molecule has 1 fully saturated rings. The molecule has 6 heteroatoms. The minimum Gasteiger partial charge on any atom is -0.382 e. The van der Waals surface area contributed by atoms with Crippen LogP contribution in [0.4, 0.5) is 0 Å². The van der Waals surface area contributed by atoms with Gasteiger partial charge in [0.25, 0.3) is 0 Å². The normalized spacial score (nSPS) is 19.8. The summed E-state index contributed by atoms with van der Waals surface area (Å²) < 4.78 is 10.5. The molecule has 1 N–H and O–H groups in total. The van der Waals surface area contributed by atoms with E-state index in [0.29, 0.717) is 19.1 Å². The molecule has 0 spiro atoms. The highest BCUT2D eigenvalue weighted by molar-refractivity contribution is 14.0. The predicted octanol–water partition coefficient (Wildman–Crippen LogP) is 1.18. The third-order valence-corrected chi connectivity index (χ3v) is 2.92. The molecule has 0 aromatic heterocycles. The van der Waals surface area contributed by atoms with Crippen LogP contribution in [-0.2, 0) is 9.47 Å². The van der Waals surface area contributed by atoms with E-state index in [9.17, 15) is 0 Å². The van der Waals surface area contributed by atoms with Gasteiger partial charge in [-0.1, -0.05) is 0 Å². The number of nitrogens with one attached hydrogen (secondary N) is 1. The summed E-state index contributed by atoms with van der Waals surface area (Å²) in [7, 11) is 3.53. The van der Waals surface area contributed by atoms with Gasteiger partial charge in [-0.2, -0.15) is 0 Å². The van der Waals surface area contributed by atoms with Gasteiger partial charge in [-0.15, -0.1) is 24.0 Å². The van der Waals surface area contributed by atoms with Crippen LogP contribution in [0.3, 0.4) is 0 Å². The number of halogens is 1. The van der Waals surface area contributed by atoms with E-state index in [1.54, 1.807) is 7.11 Å². The van der Waals surface area contributed by atoms with Crippen molar-refractivity contribution in [2.45, 2.75) is 13.3 Å². The molecular weight excluding hydrogens is 345 g/mol. The molecule has 18 heavy (non-hydrogen) atoms. The van der Waals surface area contributed by atoms with Gasteiger partial charge in [-0.3, -0.25) is 4.99 Å². The molecule has 1 unspecified atom stereocenters. The van der Waals surface area contributed by atoms with Crippen molar-refractivity contribution < 1.29 is 9.47 Å². The zero-order chi connectivity index (χ0) is 12.5. The smallest absolute Gasteiger partial charge is 0.193 e. The summed E-state index contributed by atoms with van der Waals surface area (Å²) in [5.41, 5.74) is 0. The lowest BCUT2D eigenvalue weighted by Gasteiger charge is -2.21. The first-order chi connectivity index (χ1) is 8.31. The van der Waals surface area contributed by atoms with E-state index in [1.807, 2.05) is 7.05 Å². The van der Waals surface area contributed by atoms with Crippen molar-refractivity contribution in [1.29, 1.82) is 0 Å². The number of hydrogen-bond donors (Lipinski definition) is 1. The standard InChI is InChI=1S/C12H25N3O2.HI/c1-4-14-12(13-2)15-6-5-11(9-15)10-17-8-7-16-3;/h11H,4-10H2,1-3H3,(H,13,14);1H. The van der Waals surface area contributed by atoms with E-state index in [2.05, 4.69) is 22.1 Å². The van der Waals surface area contributed by atoms with Gasteiger partial charge in [0.1, 0.15) is 0 Å². The molecule has 0 aromatic carbocycles. The largest absolute Gasteiger partial charge is 0.382 e. The Morgan fingerprint density at radius 1 is 1.44 bits per heavy atom. The van der Waals surface area contributed by atoms with Gasteiger partial charge >= 0.3 is 0 Å². The molecule has 1 aliphatic rings. The lowest BCUT2D eigenvalue weighted by molar-refractivity contribution is 0.0536. The van der Waals surface area contributed by atoms with Crippen molar-refractivity contribution in [2.75, 3.05) is 53.6 Å². The average Bonchev–Trinajstić information content (AvgIpc) is 2.80. The van der Waals surface area contributed by atoms with Crippen LogP contribution in [0.5, 0.6) is 0 Å². The van der Waals surface area contributed by atoms with E-state index >= 15 is 0 Å². The number of ether oxygens (including phenoxy) is 2. The third kappa shape index (κ3) is 6.19. The molecular formula is C12H26IN3O2. The van der Waals surface area contributed by atoms with E-state index in [4.69, 9.17) is 9.47 Å². The Kier molecular flexibility index (Phi) is 10.8. The monoisotopic (exact) mass is 371 g/mol. The number of guanidine groups is 1. The highest BCUT2D eigenvalue weighted by Gasteiger charge is 2.24. The molecule has 0 amide bonds. The average molecular weight is 371 g/mol. The van der Waals surface area contributed by atoms with Crippen molar-refractivity contribution in [3.8, 4) is 0 Å². The molecule has 0 bridgehead atoms. The first-order valence-corrected chi connectivity index (χ1v) is 6.34. The number of rotatable bonds is 6. The summed E-state index contributed by atoms with van der Waals surface area (Å²) in [5.74, 6) is 1.62. The van der Waals surface area contributed by atoms with Gasteiger partial charge in [0.15, 0.2) is 5.96 Å². The fourth-order valence-corrected chi connectivity index (χ4v) is 2.04. The first kappa shape index (κ1) is 17.9. The van der Waals surface area contributed by atoms with Crippen LogP contribution in [-0.4, -0.2) is 64.5 Å². The molecule has 0 saturated carbocycles. The van der Waals surface area contributed by atoms with Crippen molar-refractivity contribution in [3.63, 3.8) is 0 Å². The Labute approximate surface area is 127 Å². The van der Waals surface area contributed by atoms with Gasteiger partial charge in [0, 0.05) is 39.7 Å². The van der Waals surface area contributed by atoms with Gasteiger partial charge in [-0.25, -0.2) is 0 Å². The fraction of sp³-hybridized carbons (Fsp3) is 0.917. The second-order valence-corrected chi connectivity index (χ2v) is 4.25. The second-order valence-electron chi connectivity index (χ2n) is 4.25. The lowest BCUT2D eigenvalue weighted by Crippen LogP contribution is -2.40. The summed E-state index contributed by atoms with van der Waals surface area (Å²) >= 11 is 0. The van der Waals surface area contributed by atoms with Crippen molar-refractivity contribution in [3.05, 3.63) is 0 Å². The zero-order valence-electron chi connectivity index (χ0n) is 11.6. The Morgan fingerprint density at radius 3 is 2.83 bits per heavy atom. The first-order valence-electron chi connectivity index (χ1n) is 6.34. The van der Waals surface area contributed by atoms with E-state index in [0.717, 1.165) is 32.2 Å². The number of nitrogens with zero attached hydrogens (tertiary/aromatic N) is 2. The molecule has 1 saturated heterocycles. The zero-order valence-corrected chi connectivity index (χ0v) is 14.0. The highest BCUT2D eigenvalue weighted by atomic mass is 127. The third-order valence-electron chi connectivity index (χ3n) is 2.92. The number of hydrogen-bond acceptors (Lipinski definition) is 3. The van der Waals surface area contributed by atoms with Crippen molar-refractivity contribution in [2.24, 2.45) is 10.9 Å². The predicted molar refractivity (Wildman–Crippen MR) is 84.8 cm³/mol. The summed E-state index contributed by atoms with van der Waals surface area (Å²) in [6, 6.07) is 0. The maximum Gasteiger partial charge on any atom is 0.193 e. The Balaban J connectivity index is 0.00000289. The SMILES string of the molecule is CCNC(=NC)N1CCC(COCCOC)C1.I. The molecule has 0 aromatic rings. The number of methoxy groups -OCH3 is 1. The molecule has 108 valence electrons. The minimum atomic E-state index is 0. The van der Waals surface area contributed by atoms with Crippen LogP contribution in [0.2, 0.25) is 0 Å². The van der Waals surface area contributed by atoms with Gasteiger partial charge in [0.2, 0.25) is 0 Å². The highest BCUT2D eigenvalue weighted by Crippen LogP contribution is 2.16. The Morgan fingerprint density at radius 2 is 2.22 bits per heavy atom. The van der Waals surface area contributed by atoms with Crippen LogP contribution in [0, 0.1) is 5.92 Å². The van der Waals surface area contributed by atoms with Crippen LogP contribution < -0.4 is 5.32 Å². The van der Waals surface area contributed by atoms with Gasteiger partial charge < -0.3 is 19.7 Å². The summed E-state index contributed by atoms with van der Waals surface area (Å²) in [6.45, 7) is 7.29. The summed E-state index contributed by atoms with van der Waals surface area (Å²) in [4.78, 5) is 6.57. The fourth-order valence-electron chi connectivity index (χ4n) is 2.04. The topological polar surface area (TPSA) is 46.1 Å². The van der Waals surface area contributed by atoms with Gasteiger partial charge in [0.05, 0.1) is 19.8 Å². The maximum absolute atomic E-state index is 5.57. The quantitative estimate of drug-likeness (QED) is 0.330. The van der Waals surface area contributed by atoms with E-state index < -0.39 is 0 Å². The van der Waals surface area contributed by atoms with Crippen molar-refractivity contribution in [1.82, 2.24) is 10.2 Å². The Hall–Kier alpha value is -0.0800. The molecule has 0 radical (unpaired) electrons. The molecule has 1 heterocycles. The number of aliphatic imine (C=N–C) groups is 1. The second kappa shape index (κ2) is 10.8. The summed E-state index contributed by atoms with van der Waals surface area (Å²) in [5, 5.41) is 3.29. The van der Waals surface area contributed by atoms with Gasteiger partial charge in [-0.05, 0) is 13.3 Å². The summed E-state index contributed by atoms with van der Waals surface area (Å²) in [6.07, 6.45) is 1.18. The van der Waals surface area contributed by atoms with E-state index in [-0.39, 0.29) is 24.0 Å². The number of likely N-dealkylation sites (tertiary alicyclic amines) is 1. The van der Waals surface area contributed by atoms with Crippen LogP contribution >= 0.6 is 24.0 Å². The van der Waals surface area contributed by atoms with Crippen LogP contribution in [0.25, 0.3) is 0 Å². The van der Waals surface area contributed by atoms with Crippen LogP contribution in [0.15, 0.2) is 4.99 Å². The maximum atomic E-state index is 5.57. The molecule has 1 aliphatic heterocycles. The minimum absolute atomic E-state index is 0. The molecule has 0 aliphatic carbocycles.